The number of aromatic nitrogens is 2. The van der Waals surface area contributed by atoms with Gasteiger partial charge in [-0.3, -0.25) is 9.59 Å². The number of carbonyl (C=O) groups is 2. The van der Waals surface area contributed by atoms with Crippen LogP contribution in [0.4, 0.5) is 0 Å². The minimum Gasteiger partial charge on any atom is -0.494 e. The molecule has 1 saturated heterocycles. The van der Waals surface area contributed by atoms with Crippen LogP contribution in [0.1, 0.15) is 18.2 Å². The number of amides is 2. The van der Waals surface area contributed by atoms with Gasteiger partial charge in [0.15, 0.2) is 0 Å². The fourth-order valence-electron chi connectivity index (χ4n) is 3.07. The van der Waals surface area contributed by atoms with Gasteiger partial charge in [0.2, 0.25) is 11.8 Å². The molecular weight excluding hydrogens is 336 g/mol. The molecule has 2 amide bonds. The molecule has 0 aliphatic carbocycles. The van der Waals surface area contributed by atoms with E-state index in [0.29, 0.717) is 18.8 Å². The van der Waals surface area contributed by atoms with E-state index >= 15 is 0 Å². The Kier molecular flexibility index (Phi) is 5.52. The Morgan fingerprint density at radius 2 is 2.15 bits per heavy atom. The largest absolute Gasteiger partial charge is 0.494 e. The average Bonchev–Trinajstić information content (AvgIpc) is 3.34. The first-order chi connectivity index (χ1) is 12.7. The fourth-order valence-corrected chi connectivity index (χ4v) is 3.07. The SMILES string of the molecule is CNC(=O)CNC(=O)[C@H]1CCO[C@@H]1c1ccnn1-c1ccccc1OC. The molecule has 1 aliphatic heterocycles. The van der Waals surface area contributed by atoms with Crippen LogP contribution in [0, 0.1) is 5.92 Å². The third-order valence-electron chi connectivity index (χ3n) is 4.41. The van der Waals surface area contributed by atoms with E-state index in [1.807, 2.05) is 30.3 Å². The highest BCUT2D eigenvalue weighted by atomic mass is 16.5. The van der Waals surface area contributed by atoms with E-state index in [1.165, 1.54) is 7.05 Å². The van der Waals surface area contributed by atoms with Gasteiger partial charge in [-0.15, -0.1) is 0 Å². The Bertz CT molecular complexity index is 789. The van der Waals surface area contributed by atoms with Crippen LogP contribution < -0.4 is 15.4 Å². The molecule has 1 aromatic heterocycles. The van der Waals surface area contributed by atoms with Crippen molar-refractivity contribution in [3.05, 3.63) is 42.2 Å². The summed E-state index contributed by atoms with van der Waals surface area (Å²) in [5.74, 6) is -0.155. The van der Waals surface area contributed by atoms with Crippen LogP contribution in [0.15, 0.2) is 36.5 Å². The summed E-state index contributed by atoms with van der Waals surface area (Å²) in [4.78, 5) is 23.9. The second-order valence-corrected chi connectivity index (χ2v) is 5.92. The summed E-state index contributed by atoms with van der Waals surface area (Å²) in [7, 11) is 3.13. The van der Waals surface area contributed by atoms with Crippen molar-refractivity contribution in [1.82, 2.24) is 20.4 Å². The molecule has 0 unspecified atom stereocenters. The zero-order valence-electron chi connectivity index (χ0n) is 14.8. The molecule has 2 N–H and O–H groups in total. The minimum absolute atomic E-state index is 0.0513. The van der Waals surface area contributed by atoms with E-state index < -0.39 is 6.10 Å². The first-order valence-corrected chi connectivity index (χ1v) is 8.43. The second-order valence-electron chi connectivity index (χ2n) is 5.92. The van der Waals surface area contributed by atoms with Crippen LogP contribution in [0.3, 0.4) is 0 Å². The zero-order valence-corrected chi connectivity index (χ0v) is 14.8. The number of hydrogen-bond donors (Lipinski definition) is 2. The molecule has 1 aliphatic rings. The van der Waals surface area contributed by atoms with Crippen LogP contribution in [0.25, 0.3) is 5.69 Å². The summed E-state index contributed by atoms with van der Waals surface area (Å²) < 4.78 is 13.0. The van der Waals surface area contributed by atoms with E-state index in [9.17, 15) is 9.59 Å². The summed E-state index contributed by atoms with van der Waals surface area (Å²) in [5, 5.41) is 9.53. The standard InChI is InChI=1S/C18H22N4O4/c1-19-16(23)11-20-18(24)12-8-10-26-17(12)14-7-9-21-22(14)13-5-3-4-6-15(13)25-2/h3-7,9,12,17H,8,10-11H2,1-2H3,(H,19,23)(H,20,24)/t12-,17-/m0/s1. The van der Waals surface area contributed by atoms with Crippen LogP contribution in [0.5, 0.6) is 5.75 Å². The molecule has 0 saturated carbocycles. The topological polar surface area (TPSA) is 94.5 Å². The summed E-state index contributed by atoms with van der Waals surface area (Å²) in [6, 6.07) is 9.36. The Labute approximate surface area is 151 Å². The van der Waals surface area contributed by atoms with Gasteiger partial charge >= 0.3 is 0 Å². The number of methoxy groups -OCH3 is 1. The normalized spacial score (nSPS) is 19.2. The van der Waals surface area contributed by atoms with Crippen LogP contribution in [0.2, 0.25) is 0 Å². The number of para-hydroxylation sites is 2. The molecule has 0 bridgehead atoms. The number of carbonyl (C=O) groups excluding carboxylic acids is 2. The van der Waals surface area contributed by atoms with E-state index in [-0.39, 0.29) is 24.3 Å². The Morgan fingerprint density at radius 3 is 2.92 bits per heavy atom. The second kappa shape index (κ2) is 8.01. The molecule has 0 radical (unpaired) electrons. The van der Waals surface area contributed by atoms with Gasteiger partial charge in [0.25, 0.3) is 0 Å². The third kappa shape index (κ3) is 3.55. The monoisotopic (exact) mass is 358 g/mol. The van der Waals surface area contributed by atoms with E-state index in [4.69, 9.17) is 9.47 Å². The van der Waals surface area contributed by atoms with Crippen molar-refractivity contribution in [3.8, 4) is 11.4 Å². The molecule has 1 aromatic carbocycles. The minimum atomic E-state index is -0.438. The number of nitrogens with zero attached hydrogens (tertiary/aromatic N) is 2. The maximum Gasteiger partial charge on any atom is 0.239 e. The summed E-state index contributed by atoms with van der Waals surface area (Å²) >= 11 is 0. The third-order valence-corrected chi connectivity index (χ3v) is 4.41. The molecule has 2 heterocycles. The highest BCUT2D eigenvalue weighted by Crippen LogP contribution is 2.36. The number of nitrogens with one attached hydrogen (secondary N) is 2. The Balaban J connectivity index is 1.84. The van der Waals surface area contributed by atoms with Crippen LogP contribution in [-0.4, -0.2) is 48.9 Å². The van der Waals surface area contributed by atoms with Crippen molar-refractivity contribution in [3.63, 3.8) is 0 Å². The van der Waals surface area contributed by atoms with Crippen molar-refractivity contribution in [2.45, 2.75) is 12.5 Å². The van der Waals surface area contributed by atoms with Gasteiger partial charge in [0, 0.05) is 19.9 Å². The fraction of sp³-hybridized carbons (Fsp3) is 0.389. The van der Waals surface area contributed by atoms with Gasteiger partial charge in [0.1, 0.15) is 17.5 Å². The predicted octanol–water partition coefficient (Wildman–Crippen LogP) is 0.821. The number of likely N-dealkylation sites (N-methyl/N-ethyl adjacent to an activating group) is 1. The number of ether oxygens (including phenoxy) is 2. The van der Waals surface area contributed by atoms with Gasteiger partial charge in [-0.2, -0.15) is 5.10 Å². The lowest BCUT2D eigenvalue weighted by molar-refractivity contribution is -0.129. The first kappa shape index (κ1) is 17.9. The van der Waals surface area contributed by atoms with Crippen molar-refractivity contribution < 1.29 is 19.1 Å². The van der Waals surface area contributed by atoms with Crippen molar-refractivity contribution in [2.24, 2.45) is 5.92 Å². The van der Waals surface area contributed by atoms with Crippen LogP contribution in [-0.2, 0) is 14.3 Å². The summed E-state index contributed by atoms with van der Waals surface area (Å²) in [6.45, 7) is 0.421. The van der Waals surface area contributed by atoms with E-state index in [2.05, 4.69) is 15.7 Å². The van der Waals surface area contributed by atoms with Crippen molar-refractivity contribution >= 4 is 11.8 Å². The highest BCUT2D eigenvalue weighted by Gasteiger charge is 2.37. The maximum atomic E-state index is 12.5. The van der Waals surface area contributed by atoms with Crippen molar-refractivity contribution in [1.29, 1.82) is 0 Å². The van der Waals surface area contributed by atoms with Crippen molar-refractivity contribution in [2.75, 3.05) is 27.3 Å². The lowest BCUT2D eigenvalue weighted by Gasteiger charge is -2.20. The molecule has 8 heteroatoms. The zero-order chi connectivity index (χ0) is 18.5. The lowest BCUT2D eigenvalue weighted by Crippen LogP contribution is -2.39. The molecule has 0 spiro atoms. The average molecular weight is 358 g/mol. The molecule has 8 nitrogen and oxygen atoms in total. The Hall–Kier alpha value is -2.87. The molecule has 138 valence electrons. The van der Waals surface area contributed by atoms with Gasteiger partial charge < -0.3 is 20.1 Å². The molecular formula is C18H22N4O4. The molecule has 2 atom stereocenters. The van der Waals surface area contributed by atoms with Gasteiger partial charge in [0.05, 0.1) is 25.3 Å². The number of benzene rings is 1. The molecule has 2 aromatic rings. The molecule has 1 fully saturated rings. The first-order valence-electron chi connectivity index (χ1n) is 8.43. The Morgan fingerprint density at radius 1 is 1.35 bits per heavy atom. The number of hydrogen-bond acceptors (Lipinski definition) is 5. The quantitative estimate of drug-likeness (QED) is 0.797. The number of rotatable bonds is 6. The lowest BCUT2D eigenvalue weighted by atomic mass is 9.98. The summed E-state index contributed by atoms with van der Waals surface area (Å²) in [5.41, 5.74) is 1.54. The van der Waals surface area contributed by atoms with Gasteiger partial charge in [-0.1, -0.05) is 12.1 Å². The smallest absolute Gasteiger partial charge is 0.239 e. The predicted molar refractivity (Wildman–Crippen MR) is 94.0 cm³/mol. The van der Waals surface area contributed by atoms with E-state index in [1.54, 1.807) is 18.0 Å². The maximum absolute atomic E-state index is 12.5. The summed E-state index contributed by atoms with van der Waals surface area (Å²) in [6.07, 6.45) is 1.82. The van der Waals surface area contributed by atoms with Crippen LogP contribution >= 0.6 is 0 Å². The van der Waals surface area contributed by atoms with Gasteiger partial charge in [-0.25, -0.2) is 4.68 Å². The molecule has 3 rings (SSSR count). The molecule has 26 heavy (non-hydrogen) atoms. The van der Waals surface area contributed by atoms with E-state index in [0.717, 1.165) is 11.4 Å². The highest BCUT2D eigenvalue weighted by molar-refractivity contribution is 5.86. The van der Waals surface area contributed by atoms with Gasteiger partial charge in [-0.05, 0) is 24.6 Å².